The lowest BCUT2D eigenvalue weighted by atomic mass is 9.96. The maximum absolute atomic E-state index is 12.8. The summed E-state index contributed by atoms with van der Waals surface area (Å²) in [5.74, 6) is -4.34. The molecule has 0 radical (unpaired) electrons. The molecule has 1 fully saturated rings. The van der Waals surface area contributed by atoms with Crippen molar-refractivity contribution >= 4 is 29.4 Å². The lowest BCUT2D eigenvalue weighted by Gasteiger charge is -2.33. The van der Waals surface area contributed by atoms with Gasteiger partial charge in [-0.05, 0) is 37.8 Å². The van der Waals surface area contributed by atoms with Crippen molar-refractivity contribution in [2.24, 2.45) is 5.92 Å². The summed E-state index contributed by atoms with van der Waals surface area (Å²) >= 11 is 0. The minimum absolute atomic E-state index is 0.0666. The molecule has 3 amide bonds. The Balaban J connectivity index is 2.04. The Morgan fingerprint density at radius 1 is 1.23 bits per heavy atom. The van der Waals surface area contributed by atoms with Gasteiger partial charge in [0.05, 0.1) is 5.92 Å². The predicted molar refractivity (Wildman–Crippen MR) is 118 cm³/mol. The van der Waals surface area contributed by atoms with Gasteiger partial charge in [0.2, 0.25) is 17.7 Å². The molecular weight excluding hydrogens is 473 g/mol. The third-order valence-corrected chi connectivity index (χ3v) is 5.47. The smallest absolute Gasteiger partial charge is 0.391 e. The highest BCUT2D eigenvalue weighted by Gasteiger charge is 2.41. The molecule has 1 atom stereocenters. The molecule has 1 aliphatic heterocycles. The number of carboxylic acid groups (broad SMARTS) is 1. The first-order chi connectivity index (χ1) is 16.4. The number of nitrogens with zero attached hydrogens (tertiary/aromatic N) is 2. The highest BCUT2D eigenvalue weighted by molar-refractivity contribution is 5.96. The largest absolute Gasteiger partial charge is 0.478 e. The van der Waals surface area contributed by atoms with E-state index in [4.69, 9.17) is 5.11 Å². The van der Waals surface area contributed by atoms with Crippen molar-refractivity contribution in [1.29, 1.82) is 0 Å². The van der Waals surface area contributed by atoms with Crippen molar-refractivity contribution in [3.05, 3.63) is 40.8 Å². The number of nitrogens with one attached hydrogen (secondary N) is 2. The Morgan fingerprint density at radius 3 is 2.46 bits per heavy atom. The van der Waals surface area contributed by atoms with Crippen LogP contribution in [0.4, 0.5) is 18.9 Å². The molecule has 1 aromatic rings. The van der Waals surface area contributed by atoms with E-state index in [1.54, 1.807) is 0 Å². The van der Waals surface area contributed by atoms with Gasteiger partial charge in [-0.2, -0.15) is 13.2 Å². The summed E-state index contributed by atoms with van der Waals surface area (Å²) in [6.07, 6.45) is -0.921. The van der Waals surface area contributed by atoms with Gasteiger partial charge in [0.1, 0.15) is 18.3 Å². The van der Waals surface area contributed by atoms with E-state index in [1.807, 2.05) is 0 Å². The lowest BCUT2D eigenvalue weighted by molar-refractivity contribution is -0.186. The molecule has 1 saturated heterocycles. The van der Waals surface area contributed by atoms with Crippen molar-refractivity contribution in [2.45, 2.75) is 51.4 Å². The molecule has 13 heteroatoms. The standard InChI is InChI=1S/C22H27F3N4O6/c1-14(30)26-16(5-2-3-7-19(32)33)20(34)27-17-6-4-10-29(21(17)35)13-18(31)28-11-8-15(9-12-28)22(23,24)25/h3-4,6-7,10,15-16H,2,5,8-9,11-13H2,1H3,(H,26,30)(H,27,34)(H,32,33). The molecule has 2 heterocycles. The monoisotopic (exact) mass is 500 g/mol. The van der Waals surface area contributed by atoms with Crippen molar-refractivity contribution in [3.8, 4) is 0 Å². The van der Waals surface area contributed by atoms with Crippen molar-refractivity contribution in [2.75, 3.05) is 18.4 Å². The van der Waals surface area contributed by atoms with Crippen LogP contribution in [0.1, 0.15) is 32.6 Å². The van der Waals surface area contributed by atoms with E-state index in [2.05, 4.69) is 10.6 Å². The van der Waals surface area contributed by atoms with Crippen LogP contribution in [0.3, 0.4) is 0 Å². The molecule has 1 aromatic heterocycles. The molecule has 0 saturated carbocycles. The summed E-state index contributed by atoms with van der Waals surface area (Å²) in [6.45, 7) is 0.659. The fourth-order valence-corrected chi connectivity index (χ4v) is 3.64. The molecule has 35 heavy (non-hydrogen) atoms. The van der Waals surface area contributed by atoms with E-state index >= 15 is 0 Å². The summed E-state index contributed by atoms with van der Waals surface area (Å²) in [5, 5.41) is 13.5. The summed E-state index contributed by atoms with van der Waals surface area (Å²) in [4.78, 5) is 61.2. The Morgan fingerprint density at radius 2 is 1.89 bits per heavy atom. The molecule has 3 N–H and O–H groups in total. The Labute approximate surface area is 198 Å². The van der Waals surface area contributed by atoms with Crippen LogP contribution in [0.5, 0.6) is 0 Å². The number of allylic oxidation sites excluding steroid dienone is 1. The number of amides is 3. The van der Waals surface area contributed by atoms with Gasteiger partial charge in [0.15, 0.2) is 0 Å². The minimum atomic E-state index is -4.31. The molecule has 0 aliphatic carbocycles. The van der Waals surface area contributed by atoms with Gasteiger partial charge in [0.25, 0.3) is 5.56 Å². The van der Waals surface area contributed by atoms with Crippen LogP contribution < -0.4 is 16.2 Å². The van der Waals surface area contributed by atoms with Gasteiger partial charge < -0.3 is 25.2 Å². The van der Waals surface area contributed by atoms with Gasteiger partial charge in [-0.15, -0.1) is 0 Å². The Hall–Kier alpha value is -3.64. The van der Waals surface area contributed by atoms with Crippen LogP contribution >= 0.6 is 0 Å². The van der Waals surface area contributed by atoms with Crippen LogP contribution in [0.15, 0.2) is 35.3 Å². The number of aromatic nitrogens is 1. The second kappa shape index (κ2) is 12.2. The number of pyridine rings is 1. The maximum Gasteiger partial charge on any atom is 0.391 e. The van der Waals surface area contributed by atoms with E-state index < -0.39 is 53.9 Å². The van der Waals surface area contributed by atoms with Gasteiger partial charge in [-0.25, -0.2) is 4.79 Å². The third kappa shape index (κ3) is 8.58. The molecule has 2 rings (SSSR count). The zero-order chi connectivity index (χ0) is 26.2. The molecule has 1 aliphatic rings. The second-order valence-corrected chi connectivity index (χ2v) is 8.11. The van der Waals surface area contributed by atoms with Gasteiger partial charge in [-0.3, -0.25) is 19.2 Å². The average molecular weight is 500 g/mol. The molecule has 1 unspecified atom stereocenters. The van der Waals surface area contributed by atoms with Crippen LogP contribution in [0.25, 0.3) is 0 Å². The molecule has 0 bridgehead atoms. The lowest BCUT2D eigenvalue weighted by Crippen LogP contribution is -2.45. The normalized spacial score (nSPS) is 15.6. The number of carbonyl (C=O) groups excluding carboxylic acids is 3. The van der Waals surface area contributed by atoms with E-state index in [0.29, 0.717) is 0 Å². The van der Waals surface area contributed by atoms with Gasteiger partial charge >= 0.3 is 12.1 Å². The zero-order valence-corrected chi connectivity index (χ0v) is 19.0. The molecule has 0 aromatic carbocycles. The van der Waals surface area contributed by atoms with Crippen LogP contribution in [0, 0.1) is 5.92 Å². The number of piperidine rings is 1. The number of carboxylic acids is 1. The van der Waals surface area contributed by atoms with Crippen LogP contribution in [-0.4, -0.2) is 63.6 Å². The zero-order valence-electron chi connectivity index (χ0n) is 19.0. The van der Waals surface area contributed by atoms with E-state index in [9.17, 15) is 37.1 Å². The first-order valence-corrected chi connectivity index (χ1v) is 10.9. The minimum Gasteiger partial charge on any atom is -0.478 e. The summed E-state index contributed by atoms with van der Waals surface area (Å²) < 4.78 is 39.5. The predicted octanol–water partition coefficient (Wildman–Crippen LogP) is 1.51. The number of hydrogen-bond donors (Lipinski definition) is 3. The van der Waals surface area contributed by atoms with Gasteiger partial charge in [0, 0.05) is 32.3 Å². The number of aliphatic carboxylic acids is 1. The maximum atomic E-state index is 12.8. The number of likely N-dealkylation sites (tertiary alicyclic amines) is 1. The molecular formula is C22H27F3N4O6. The van der Waals surface area contributed by atoms with Crippen LogP contribution in [0.2, 0.25) is 0 Å². The molecule has 0 spiro atoms. The van der Waals surface area contributed by atoms with Crippen LogP contribution in [-0.2, 0) is 25.7 Å². The highest BCUT2D eigenvalue weighted by Crippen LogP contribution is 2.34. The fraction of sp³-hybridized carbons (Fsp3) is 0.500. The van der Waals surface area contributed by atoms with Crippen molar-refractivity contribution in [3.63, 3.8) is 0 Å². The SMILES string of the molecule is CC(=O)NC(CCC=CC(=O)O)C(=O)Nc1cccn(CC(=O)N2CCC(C(F)(F)F)CC2)c1=O. The first-order valence-electron chi connectivity index (χ1n) is 10.9. The number of carbonyl (C=O) groups is 4. The quantitative estimate of drug-likeness (QED) is 0.440. The first kappa shape index (κ1) is 27.6. The Kier molecular flexibility index (Phi) is 9.60. The molecule has 10 nitrogen and oxygen atoms in total. The van der Waals surface area contributed by atoms with E-state index in [0.717, 1.165) is 10.6 Å². The Bertz CT molecular complexity index is 1030. The number of halogens is 3. The number of alkyl halides is 3. The third-order valence-electron chi connectivity index (χ3n) is 5.47. The van der Waals surface area contributed by atoms with Gasteiger partial charge in [-0.1, -0.05) is 6.08 Å². The second-order valence-electron chi connectivity index (χ2n) is 8.11. The van der Waals surface area contributed by atoms with Crippen molar-refractivity contribution in [1.82, 2.24) is 14.8 Å². The number of rotatable bonds is 9. The van der Waals surface area contributed by atoms with E-state index in [1.165, 1.54) is 36.2 Å². The summed E-state index contributed by atoms with van der Waals surface area (Å²) in [6, 6.07) is 1.68. The summed E-state index contributed by atoms with van der Waals surface area (Å²) in [5.41, 5.74) is -0.857. The molecule has 192 valence electrons. The fourth-order valence-electron chi connectivity index (χ4n) is 3.64. The van der Waals surface area contributed by atoms with Crippen molar-refractivity contribution < 1.29 is 37.5 Å². The highest BCUT2D eigenvalue weighted by atomic mass is 19.4. The van der Waals surface area contributed by atoms with E-state index in [-0.39, 0.29) is 44.5 Å². The number of hydrogen-bond acceptors (Lipinski definition) is 5. The average Bonchev–Trinajstić information content (AvgIpc) is 2.77. The number of anilines is 1. The topological polar surface area (TPSA) is 138 Å². The summed E-state index contributed by atoms with van der Waals surface area (Å²) in [7, 11) is 0.